The van der Waals surface area contributed by atoms with Crippen molar-refractivity contribution in [2.45, 2.75) is 20.4 Å². The van der Waals surface area contributed by atoms with Crippen LogP contribution in [0.3, 0.4) is 0 Å². The second-order valence-electron chi connectivity index (χ2n) is 6.49. The van der Waals surface area contributed by atoms with Gasteiger partial charge < -0.3 is 9.88 Å². The standard InChI is InChI=1S/C21H19N5O2/c1-3-26-12-17(19(27)16-8-7-13(2)23-20(16)26)21(28)24-15-6-4-5-14(11-15)18-9-10-22-25-18/h4-12H,3H2,1-2H3,(H,22,25)(H,24,28). The van der Waals surface area contributed by atoms with Gasteiger partial charge in [-0.1, -0.05) is 12.1 Å². The smallest absolute Gasteiger partial charge is 0.261 e. The van der Waals surface area contributed by atoms with E-state index in [0.717, 1.165) is 17.0 Å². The molecule has 0 saturated heterocycles. The number of aromatic amines is 1. The summed E-state index contributed by atoms with van der Waals surface area (Å²) in [5, 5.41) is 10.1. The average molecular weight is 373 g/mol. The molecular weight excluding hydrogens is 354 g/mol. The van der Waals surface area contributed by atoms with Crippen LogP contribution in [0, 0.1) is 6.92 Å². The summed E-state index contributed by atoms with van der Waals surface area (Å²) < 4.78 is 1.82. The van der Waals surface area contributed by atoms with Crippen molar-refractivity contribution in [3.05, 3.63) is 76.3 Å². The van der Waals surface area contributed by atoms with Gasteiger partial charge >= 0.3 is 0 Å². The number of anilines is 1. The fourth-order valence-corrected chi connectivity index (χ4v) is 3.14. The quantitative estimate of drug-likeness (QED) is 0.574. The topological polar surface area (TPSA) is 92.7 Å². The first-order valence-electron chi connectivity index (χ1n) is 8.99. The molecular formula is C21H19N5O2. The highest BCUT2D eigenvalue weighted by atomic mass is 16.2. The Morgan fingerprint density at radius 3 is 2.82 bits per heavy atom. The van der Waals surface area contributed by atoms with Crippen LogP contribution in [0.2, 0.25) is 0 Å². The summed E-state index contributed by atoms with van der Waals surface area (Å²) in [5.74, 6) is -0.448. The molecule has 0 aliphatic heterocycles. The van der Waals surface area contributed by atoms with Gasteiger partial charge in [-0.2, -0.15) is 5.10 Å². The van der Waals surface area contributed by atoms with Crippen LogP contribution in [0.15, 0.2) is 59.7 Å². The first-order valence-corrected chi connectivity index (χ1v) is 8.99. The molecule has 3 aromatic heterocycles. The number of benzene rings is 1. The number of hydrogen-bond acceptors (Lipinski definition) is 4. The molecule has 0 unspecified atom stereocenters. The van der Waals surface area contributed by atoms with Crippen LogP contribution < -0.4 is 10.7 Å². The minimum atomic E-state index is -0.448. The third kappa shape index (κ3) is 3.18. The summed E-state index contributed by atoms with van der Waals surface area (Å²) in [5.41, 5.74) is 3.51. The third-order valence-electron chi connectivity index (χ3n) is 4.58. The van der Waals surface area contributed by atoms with E-state index in [1.807, 2.05) is 42.7 Å². The van der Waals surface area contributed by atoms with E-state index in [4.69, 9.17) is 0 Å². The first kappa shape index (κ1) is 17.7. The van der Waals surface area contributed by atoms with E-state index in [0.29, 0.717) is 23.3 Å². The van der Waals surface area contributed by atoms with E-state index in [2.05, 4.69) is 20.5 Å². The number of hydrogen-bond donors (Lipinski definition) is 2. The Labute approximate surface area is 161 Å². The Kier molecular flexibility index (Phi) is 4.49. The first-order chi connectivity index (χ1) is 13.6. The largest absolute Gasteiger partial charge is 0.332 e. The number of aromatic nitrogens is 4. The number of fused-ring (bicyclic) bond motifs is 1. The molecule has 0 spiro atoms. The van der Waals surface area contributed by atoms with Gasteiger partial charge in [0.25, 0.3) is 5.91 Å². The summed E-state index contributed by atoms with van der Waals surface area (Å²) >= 11 is 0. The average Bonchev–Trinajstić information content (AvgIpc) is 3.23. The predicted molar refractivity (Wildman–Crippen MR) is 108 cm³/mol. The molecule has 1 aromatic carbocycles. The van der Waals surface area contributed by atoms with Crippen molar-refractivity contribution in [1.29, 1.82) is 0 Å². The Bertz CT molecular complexity index is 1230. The number of rotatable bonds is 4. The van der Waals surface area contributed by atoms with Gasteiger partial charge in [-0.25, -0.2) is 4.98 Å². The van der Waals surface area contributed by atoms with Crippen LogP contribution in [0.25, 0.3) is 22.3 Å². The lowest BCUT2D eigenvalue weighted by molar-refractivity contribution is 0.102. The van der Waals surface area contributed by atoms with Gasteiger partial charge in [-0.05, 0) is 44.2 Å². The molecule has 0 fully saturated rings. The SMILES string of the molecule is CCn1cc(C(=O)Nc2cccc(-c3ccn[nH]3)c2)c(=O)c2ccc(C)nc21. The monoisotopic (exact) mass is 373 g/mol. The number of nitrogens with zero attached hydrogens (tertiary/aromatic N) is 3. The molecule has 0 radical (unpaired) electrons. The number of carbonyl (C=O) groups is 1. The highest BCUT2D eigenvalue weighted by molar-refractivity contribution is 6.05. The molecule has 1 amide bonds. The summed E-state index contributed by atoms with van der Waals surface area (Å²) in [6, 6.07) is 12.7. The maximum atomic E-state index is 12.9. The minimum absolute atomic E-state index is 0.0898. The minimum Gasteiger partial charge on any atom is -0.332 e. The van der Waals surface area contributed by atoms with Crippen LogP contribution in [-0.4, -0.2) is 25.7 Å². The summed E-state index contributed by atoms with van der Waals surface area (Å²) in [6.07, 6.45) is 3.24. The van der Waals surface area contributed by atoms with Crippen LogP contribution in [0.5, 0.6) is 0 Å². The number of aryl methyl sites for hydroxylation is 2. The third-order valence-corrected chi connectivity index (χ3v) is 4.58. The normalized spacial score (nSPS) is 10.9. The highest BCUT2D eigenvalue weighted by Crippen LogP contribution is 2.21. The Morgan fingerprint density at radius 1 is 1.21 bits per heavy atom. The molecule has 140 valence electrons. The van der Waals surface area contributed by atoms with E-state index in [1.54, 1.807) is 30.6 Å². The Balaban J connectivity index is 1.72. The molecule has 0 atom stereocenters. The van der Waals surface area contributed by atoms with Gasteiger partial charge in [0.15, 0.2) is 0 Å². The van der Waals surface area contributed by atoms with Gasteiger partial charge in [-0.15, -0.1) is 0 Å². The van der Waals surface area contributed by atoms with Crippen LogP contribution in [-0.2, 0) is 6.54 Å². The van der Waals surface area contributed by atoms with E-state index in [-0.39, 0.29) is 11.0 Å². The molecule has 0 saturated carbocycles. The van der Waals surface area contributed by atoms with Crippen LogP contribution in [0.1, 0.15) is 23.0 Å². The van der Waals surface area contributed by atoms with Crippen molar-refractivity contribution >= 4 is 22.6 Å². The molecule has 3 heterocycles. The fourth-order valence-electron chi connectivity index (χ4n) is 3.14. The molecule has 7 nitrogen and oxygen atoms in total. The van der Waals surface area contributed by atoms with Crippen LogP contribution in [0.4, 0.5) is 5.69 Å². The van der Waals surface area contributed by atoms with Gasteiger partial charge in [-0.3, -0.25) is 14.7 Å². The van der Waals surface area contributed by atoms with Crippen molar-refractivity contribution in [2.24, 2.45) is 0 Å². The van der Waals surface area contributed by atoms with Crippen LogP contribution >= 0.6 is 0 Å². The predicted octanol–water partition coefficient (Wildman–Crippen LogP) is 3.37. The van der Waals surface area contributed by atoms with Crippen molar-refractivity contribution in [1.82, 2.24) is 19.7 Å². The van der Waals surface area contributed by atoms with E-state index in [1.165, 1.54) is 0 Å². The zero-order valence-electron chi connectivity index (χ0n) is 15.6. The maximum absolute atomic E-state index is 12.9. The number of nitrogens with one attached hydrogen (secondary N) is 2. The van der Waals surface area contributed by atoms with Gasteiger partial charge in [0, 0.05) is 35.9 Å². The second-order valence-corrected chi connectivity index (χ2v) is 6.49. The molecule has 4 aromatic rings. The lowest BCUT2D eigenvalue weighted by Gasteiger charge is -2.12. The molecule has 28 heavy (non-hydrogen) atoms. The number of amides is 1. The number of pyridine rings is 2. The second kappa shape index (κ2) is 7.11. The molecule has 0 bridgehead atoms. The molecule has 4 rings (SSSR count). The molecule has 0 aliphatic rings. The summed E-state index contributed by atoms with van der Waals surface area (Å²) in [6.45, 7) is 4.42. The number of carbonyl (C=O) groups excluding carboxylic acids is 1. The van der Waals surface area contributed by atoms with Gasteiger partial charge in [0.1, 0.15) is 11.2 Å². The lowest BCUT2D eigenvalue weighted by atomic mass is 10.1. The summed E-state index contributed by atoms with van der Waals surface area (Å²) in [7, 11) is 0. The Morgan fingerprint density at radius 2 is 2.07 bits per heavy atom. The zero-order chi connectivity index (χ0) is 19.7. The van der Waals surface area contributed by atoms with E-state index < -0.39 is 5.91 Å². The summed E-state index contributed by atoms with van der Waals surface area (Å²) in [4.78, 5) is 30.2. The maximum Gasteiger partial charge on any atom is 0.261 e. The molecule has 0 aliphatic carbocycles. The van der Waals surface area contributed by atoms with Gasteiger partial charge in [0.2, 0.25) is 5.43 Å². The lowest BCUT2D eigenvalue weighted by Crippen LogP contribution is -2.24. The van der Waals surface area contributed by atoms with Crippen molar-refractivity contribution in [3.8, 4) is 11.3 Å². The fraction of sp³-hybridized carbons (Fsp3) is 0.143. The highest BCUT2D eigenvalue weighted by Gasteiger charge is 2.16. The number of H-pyrrole nitrogens is 1. The van der Waals surface area contributed by atoms with Crippen molar-refractivity contribution in [2.75, 3.05) is 5.32 Å². The zero-order valence-corrected chi connectivity index (χ0v) is 15.6. The van der Waals surface area contributed by atoms with E-state index in [9.17, 15) is 9.59 Å². The Hall–Kier alpha value is -3.74. The molecule has 7 heteroatoms. The molecule has 2 N–H and O–H groups in total. The van der Waals surface area contributed by atoms with Crippen molar-refractivity contribution in [3.63, 3.8) is 0 Å². The van der Waals surface area contributed by atoms with Gasteiger partial charge in [0.05, 0.1) is 11.1 Å². The van der Waals surface area contributed by atoms with Crippen molar-refractivity contribution < 1.29 is 4.79 Å². The van der Waals surface area contributed by atoms with E-state index >= 15 is 0 Å².